The van der Waals surface area contributed by atoms with Crippen LogP contribution in [0.3, 0.4) is 0 Å². The number of hydrogen-bond donors (Lipinski definition) is 2. The molecule has 2 aliphatic rings. The molecule has 148 valence electrons. The second-order valence-corrected chi connectivity index (χ2v) is 8.13. The number of carbonyl (C=O) groups excluding carboxylic acids is 1. The highest BCUT2D eigenvalue weighted by atomic mass is 16.3. The molecule has 2 bridgehead atoms. The molecule has 2 N–H and O–H groups in total. The van der Waals surface area contributed by atoms with Crippen molar-refractivity contribution in [1.82, 2.24) is 25.5 Å². The van der Waals surface area contributed by atoms with Gasteiger partial charge in [-0.25, -0.2) is 0 Å². The summed E-state index contributed by atoms with van der Waals surface area (Å²) in [6.45, 7) is 0.0827. The van der Waals surface area contributed by atoms with Crippen molar-refractivity contribution in [2.75, 3.05) is 6.61 Å². The number of nitrogens with one attached hydrogen (secondary N) is 1. The quantitative estimate of drug-likeness (QED) is 0.699. The summed E-state index contributed by atoms with van der Waals surface area (Å²) in [6.07, 6.45) is 3.52. The molecule has 2 saturated heterocycles. The summed E-state index contributed by atoms with van der Waals surface area (Å²) < 4.78 is 0. The van der Waals surface area contributed by atoms with Gasteiger partial charge in [0.2, 0.25) is 5.82 Å². The second kappa shape index (κ2) is 7.08. The van der Waals surface area contributed by atoms with E-state index >= 15 is 0 Å². The van der Waals surface area contributed by atoms with Crippen molar-refractivity contribution < 1.29 is 9.90 Å². The molecule has 0 saturated carbocycles. The molecule has 2 aliphatic heterocycles. The van der Waals surface area contributed by atoms with E-state index in [4.69, 9.17) is 0 Å². The van der Waals surface area contributed by atoms with Crippen LogP contribution in [-0.4, -0.2) is 55.2 Å². The maximum atomic E-state index is 13.6. The Balaban J connectivity index is 1.48. The summed E-state index contributed by atoms with van der Waals surface area (Å²) >= 11 is 0. The number of aliphatic hydroxyl groups excluding tert-OH is 1. The van der Waals surface area contributed by atoms with Crippen molar-refractivity contribution in [3.63, 3.8) is 0 Å². The number of aromatic amines is 1. The molecule has 3 aromatic rings. The van der Waals surface area contributed by atoms with Gasteiger partial charge in [0.15, 0.2) is 0 Å². The largest absolute Gasteiger partial charge is 0.396 e. The van der Waals surface area contributed by atoms with Gasteiger partial charge in [-0.1, -0.05) is 48.5 Å². The van der Waals surface area contributed by atoms with Crippen LogP contribution in [0.25, 0.3) is 11.4 Å². The van der Waals surface area contributed by atoms with Crippen molar-refractivity contribution in [2.24, 2.45) is 5.41 Å². The van der Waals surface area contributed by atoms with Crippen LogP contribution in [0, 0.1) is 5.41 Å². The van der Waals surface area contributed by atoms with E-state index in [1.807, 2.05) is 47.4 Å². The molecule has 3 heterocycles. The van der Waals surface area contributed by atoms with Gasteiger partial charge in [-0.3, -0.25) is 4.79 Å². The Bertz CT molecular complexity index is 1010. The van der Waals surface area contributed by atoms with E-state index in [2.05, 4.69) is 32.8 Å². The lowest BCUT2D eigenvalue weighted by atomic mass is 9.70. The summed E-state index contributed by atoms with van der Waals surface area (Å²) in [5.41, 5.74) is 2.17. The van der Waals surface area contributed by atoms with Crippen molar-refractivity contribution in [3.05, 3.63) is 65.7 Å². The summed E-state index contributed by atoms with van der Waals surface area (Å²) in [5.74, 6) is 0.402. The number of carbonyl (C=O) groups is 1. The molecule has 29 heavy (non-hydrogen) atoms. The molecule has 3 atom stereocenters. The summed E-state index contributed by atoms with van der Waals surface area (Å²) in [5, 5.41) is 24.6. The van der Waals surface area contributed by atoms with Crippen LogP contribution >= 0.6 is 0 Å². The molecular formula is C22H23N5O2. The lowest BCUT2D eigenvalue weighted by Crippen LogP contribution is -2.44. The van der Waals surface area contributed by atoms with E-state index in [1.165, 1.54) is 5.56 Å². The number of tetrazole rings is 1. The van der Waals surface area contributed by atoms with E-state index in [0.717, 1.165) is 25.7 Å². The highest BCUT2D eigenvalue weighted by Crippen LogP contribution is 2.52. The number of hydrogen-bond acceptors (Lipinski definition) is 5. The fraction of sp³-hybridized carbons (Fsp3) is 0.364. The fourth-order valence-electron chi connectivity index (χ4n) is 5.29. The predicted octanol–water partition coefficient (Wildman–Crippen LogP) is 2.46. The van der Waals surface area contributed by atoms with Crippen LogP contribution in [0.1, 0.15) is 35.2 Å². The molecule has 0 spiro atoms. The summed E-state index contributed by atoms with van der Waals surface area (Å²) in [4.78, 5) is 15.7. The van der Waals surface area contributed by atoms with Crippen LogP contribution in [0.15, 0.2) is 54.6 Å². The molecule has 2 aromatic carbocycles. The maximum absolute atomic E-state index is 13.6. The van der Waals surface area contributed by atoms with Gasteiger partial charge in [0, 0.05) is 23.1 Å². The molecule has 5 rings (SSSR count). The Morgan fingerprint density at radius 1 is 1.14 bits per heavy atom. The maximum Gasteiger partial charge on any atom is 0.255 e. The third-order valence-electron chi connectivity index (χ3n) is 6.54. The minimum absolute atomic E-state index is 0.0127. The monoisotopic (exact) mass is 389 g/mol. The van der Waals surface area contributed by atoms with Crippen LogP contribution in [-0.2, 0) is 6.42 Å². The molecule has 0 unspecified atom stereocenters. The standard InChI is InChI=1S/C22H23N5O2/c28-14-22(12-15-6-2-1-3-7-15)13-16-10-11-19(22)27(16)21(29)18-9-5-4-8-17(18)20-23-25-26-24-20/h1-9,16,19,28H,10-14H2,(H,23,24,25,26)/t16-,19+,22-/m1/s1. The van der Waals surface area contributed by atoms with Gasteiger partial charge in [-0.05, 0) is 42.5 Å². The van der Waals surface area contributed by atoms with Crippen LogP contribution in [0.5, 0.6) is 0 Å². The Labute approximate surface area is 168 Å². The minimum Gasteiger partial charge on any atom is -0.396 e. The first-order chi connectivity index (χ1) is 14.2. The minimum atomic E-state index is -0.291. The highest BCUT2D eigenvalue weighted by molar-refractivity contribution is 6.00. The summed E-state index contributed by atoms with van der Waals surface area (Å²) in [6, 6.07) is 17.8. The molecule has 0 radical (unpaired) electrons. The number of amides is 1. The molecular weight excluding hydrogens is 366 g/mol. The third-order valence-corrected chi connectivity index (χ3v) is 6.54. The van der Waals surface area contributed by atoms with Gasteiger partial charge in [-0.2, -0.15) is 5.21 Å². The van der Waals surface area contributed by atoms with E-state index in [9.17, 15) is 9.90 Å². The average Bonchev–Trinajstić information content (AvgIpc) is 3.50. The van der Waals surface area contributed by atoms with Gasteiger partial charge in [-0.15, -0.1) is 10.2 Å². The Hall–Kier alpha value is -3.06. The van der Waals surface area contributed by atoms with Crippen LogP contribution < -0.4 is 0 Å². The van der Waals surface area contributed by atoms with Gasteiger partial charge in [0.25, 0.3) is 5.91 Å². The molecule has 1 amide bonds. The van der Waals surface area contributed by atoms with Crippen LogP contribution in [0.2, 0.25) is 0 Å². The van der Waals surface area contributed by atoms with E-state index in [0.29, 0.717) is 17.0 Å². The number of benzene rings is 2. The number of rotatable bonds is 5. The lowest BCUT2D eigenvalue weighted by Gasteiger charge is -2.36. The number of H-pyrrole nitrogens is 1. The lowest BCUT2D eigenvalue weighted by molar-refractivity contribution is 0.0571. The van der Waals surface area contributed by atoms with Gasteiger partial charge in [0.05, 0.1) is 12.2 Å². The van der Waals surface area contributed by atoms with E-state index < -0.39 is 0 Å². The average molecular weight is 389 g/mol. The van der Waals surface area contributed by atoms with E-state index in [1.54, 1.807) is 0 Å². The number of nitrogens with zero attached hydrogens (tertiary/aromatic N) is 4. The van der Waals surface area contributed by atoms with Gasteiger partial charge >= 0.3 is 0 Å². The second-order valence-electron chi connectivity index (χ2n) is 8.13. The summed E-state index contributed by atoms with van der Waals surface area (Å²) in [7, 11) is 0. The first-order valence-corrected chi connectivity index (χ1v) is 10.0. The van der Waals surface area contributed by atoms with Gasteiger partial charge in [0.1, 0.15) is 0 Å². The zero-order valence-corrected chi connectivity index (χ0v) is 16.0. The van der Waals surface area contributed by atoms with Crippen molar-refractivity contribution >= 4 is 5.91 Å². The molecule has 1 aromatic heterocycles. The Morgan fingerprint density at radius 3 is 2.69 bits per heavy atom. The number of aliphatic hydroxyl groups is 1. The normalized spacial score (nSPS) is 25.5. The molecule has 0 aliphatic carbocycles. The number of aromatic nitrogens is 4. The predicted molar refractivity (Wildman–Crippen MR) is 107 cm³/mol. The van der Waals surface area contributed by atoms with Crippen molar-refractivity contribution in [2.45, 2.75) is 37.8 Å². The van der Waals surface area contributed by atoms with E-state index in [-0.39, 0.29) is 30.0 Å². The zero-order chi connectivity index (χ0) is 19.8. The topological polar surface area (TPSA) is 95.0 Å². The number of fused-ring (bicyclic) bond motifs is 2. The van der Waals surface area contributed by atoms with Crippen molar-refractivity contribution in [1.29, 1.82) is 0 Å². The molecule has 2 fully saturated rings. The smallest absolute Gasteiger partial charge is 0.255 e. The Kier molecular flexibility index (Phi) is 4.39. The first-order valence-electron chi connectivity index (χ1n) is 10.0. The molecule has 7 nitrogen and oxygen atoms in total. The third kappa shape index (κ3) is 2.93. The fourth-order valence-corrected chi connectivity index (χ4v) is 5.29. The SMILES string of the molecule is O=C(c1ccccc1-c1nn[nH]n1)N1[C@@H]2CC[C@H]1[C@](CO)(Cc1ccccc1)C2. The Morgan fingerprint density at radius 2 is 1.93 bits per heavy atom. The first kappa shape index (κ1) is 18.0. The zero-order valence-electron chi connectivity index (χ0n) is 16.0. The molecule has 7 heteroatoms. The van der Waals surface area contributed by atoms with Crippen LogP contribution in [0.4, 0.5) is 0 Å². The van der Waals surface area contributed by atoms with Gasteiger partial charge < -0.3 is 10.0 Å². The van der Waals surface area contributed by atoms with Crippen molar-refractivity contribution in [3.8, 4) is 11.4 Å². The highest BCUT2D eigenvalue weighted by Gasteiger charge is 2.57.